The first kappa shape index (κ1) is 11.2. The molecular weight excluding hydrogens is 228 g/mol. The molecule has 1 unspecified atom stereocenters. The van der Waals surface area contributed by atoms with E-state index in [9.17, 15) is 0 Å². The monoisotopic (exact) mass is 244 g/mol. The highest BCUT2D eigenvalue weighted by molar-refractivity contribution is 5.15. The average Bonchev–Trinajstić information content (AvgIpc) is 2.76. The molecular formula is C13H16N4O. The van der Waals surface area contributed by atoms with Crippen molar-refractivity contribution < 1.29 is 4.74 Å². The zero-order chi connectivity index (χ0) is 12.2. The number of ether oxygens (including phenoxy) is 1. The summed E-state index contributed by atoms with van der Waals surface area (Å²) in [5, 5.41) is 3.40. The third-order valence-electron chi connectivity index (χ3n) is 3.09. The Morgan fingerprint density at radius 3 is 3.33 bits per heavy atom. The van der Waals surface area contributed by atoms with Crippen LogP contribution in [0.2, 0.25) is 0 Å². The normalized spacial score (nSPS) is 19.0. The second kappa shape index (κ2) is 5.18. The van der Waals surface area contributed by atoms with E-state index in [-0.39, 0.29) is 0 Å². The Labute approximate surface area is 106 Å². The number of pyridine rings is 1. The number of hydrogen-bond donors (Lipinski definition) is 1. The number of rotatable bonds is 3. The van der Waals surface area contributed by atoms with Crippen molar-refractivity contribution >= 4 is 0 Å². The minimum Gasteiger partial charge on any atom is -0.492 e. The third kappa shape index (κ3) is 2.51. The van der Waals surface area contributed by atoms with Crippen LogP contribution in [0.3, 0.4) is 0 Å². The molecule has 5 heteroatoms. The van der Waals surface area contributed by atoms with Crippen LogP contribution in [-0.4, -0.2) is 27.7 Å². The Bertz CT molecular complexity index is 497. The molecule has 1 atom stereocenters. The Kier molecular flexibility index (Phi) is 3.23. The van der Waals surface area contributed by atoms with Crippen molar-refractivity contribution in [1.29, 1.82) is 0 Å². The molecule has 18 heavy (non-hydrogen) atoms. The maximum Gasteiger partial charge on any atom is 0.137 e. The van der Waals surface area contributed by atoms with Crippen LogP contribution in [-0.2, 0) is 13.1 Å². The third-order valence-corrected chi connectivity index (χ3v) is 3.09. The molecule has 0 bridgehead atoms. The van der Waals surface area contributed by atoms with Gasteiger partial charge >= 0.3 is 0 Å². The molecule has 94 valence electrons. The van der Waals surface area contributed by atoms with E-state index in [2.05, 4.69) is 19.9 Å². The standard InChI is InChI=1S/C13H16N4O/c1-2-12(7-14-3-1)18-10-11-6-15-8-13-16-4-5-17(13)9-11/h1-5,7,11,15H,6,8-10H2. The Hall–Kier alpha value is -1.88. The summed E-state index contributed by atoms with van der Waals surface area (Å²) in [6.45, 7) is 3.42. The number of hydrogen-bond acceptors (Lipinski definition) is 4. The van der Waals surface area contributed by atoms with Gasteiger partial charge in [0.1, 0.15) is 11.6 Å². The van der Waals surface area contributed by atoms with Gasteiger partial charge in [0.05, 0.1) is 19.3 Å². The van der Waals surface area contributed by atoms with Gasteiger partial charge in [-0.25, -0.2) is 4.98 Å². The van der Waals surface area contributed by atoms with Crippen LogP contribution >= 0.6 is 0 Å². The molecule has 1 aliphatic heterocycles. The van der Waals surface area contributed by atoms with Gasteiger partial charge in [-0.3, -0.25) is 4.98 Å². The molecule has 2 aromatic rings. The van der Waals surface area contributed by atoms with Gasteiger partial charge in [-0.2, -0.15) is 0 Å². The fraction of sp³-hybridized carbons (Fsp3) is 0.385. The van der Waals surface area contributed by atoms with Crippen molar-refractivity contribution in [2.75, 3.05) is 13.2 Å². The average molecular weight is 244 g/mol. The molecule has 0 radical (unpaired) electrons. The van der Waals surface area contributed by atoms with Crippen LogP contribution < -0.4 is 10.1 Å². The fourth-order valence-corrected chi connectivity index (χ4v) is 2.16. The van der Waals surface area contributed by atoms with Gasteiger partial charge in [0.15, 0.2) is 0 Å². The van der Waals surface area contributed by atoms with Crippen molar-refractivity contribution in [2.24, 2.45) is 5.92 Å². The second-order valence-corrected chi connectivity index (χ2v) is 4.49. The van der Waals surface area contributed by atoms with E-state index in [1.165, 1.54) is 0 Å². The fourth-order valence-electron chi connectivity index (χ4n) is 2.16. The van der Waals surface area contributed by atoms with E-state index in [0.29, 0.717) is 12.5 Å². The Morgan fingerprint density at radius 1 is 1.44 bits per heavy atom. The highest BCUT2D eigenvalue weighted by Gasteiger charge is 2.16. The number of imidazole rings is 1. The number of nitrogens with zero attached hydrogens (tertiary/aromatic N) is 3. The van der Waals surface area contributed by atoms with Crippen molar-refractivity contribution in [1.82, 2.24) is 19.9 Å². The quantitative estimate of drug-likeness (QED) is 0.877. The minimum absolute atomic E-state index is 0.445. The van der Waals surface area contributed by atoms with Gasteiger partial charge < -0.3 is 14.6 Å². The first-order valence-electron chi connectivity index (χ1n) is 6.15. The molecule has 0 saturated carbocycles. The number of nitrogens with one attached hydrogen (secondary N) is 1. The van der Waals surface area contributed by atoms with Gasteiger partial charge in [-0.15, -0.1) is 0 Å². The van der Waals surface area contributed by atoms with Crippen molar-refractivity contribution in [2.45, 2.75) is 13.1 Å². The van der Waals surface area contributed by atoms with E-state index in [1.54, 1.807) is 12.4 Å². The molecule has 5 nitrogen and oxygen atoms in total. The highest BCUT2D eigenvalue weighted by atomic mass is 16.5. The zero-order valence-electron chi connectivity index (χ0n) is 10.1. The summed E-state index contributed by atoms with van der Waals surface area (Å²) in [4.78, 5) is 8.36. The number of fused-ring (bicyclic) bond motifs is 1. The zero-order valence-corrected chi connectivity index (χ0v) is 10.1. The summed E-state index contributed by atoms with van der Waals surface area (Å²) in [5.74, 6) is 2.37. The topological polar surface area (TPSA) is 52.0 Å². The van der Waals surface area contributed by atoms with Crippen molar-refractivity contribution in [3.63, 3.8) is 0 Å². The van der Waals surface area contributed by atoms with Gasteiger partial charge in [0.25, 0.3) is 0 Å². The lowest BCUT2D eigenvalue weighted by molar-refractivity contribution is 0.232. The molecule has 3 heterocycles. The largest absolute Gasteiger partial charge is 0.492 e. The van der Waals surface area contributed by atoms with Crippen LogP contribution in [0.1, 0.15) is 5.82 Å². The van der Waals surface area contributed by atoms with E-state index < -0.39 is 0 Å². The van der Waals surface area contributed by atoms with Gasteiger partial charge in [-0.05, 0) is 12.1 Å². The molecule has 0 saturated heterocycles. The molecule has 0 aromatic carbocycles. The van der Waals surface area contributed by atoms with Gasteiger partial charge in [0.2, 0.25) is 0 Å². The Balaban J connectivity index is 1.61. The summed E-state index contributed by atoms with van der Waals surface area (Å²) < 4.78 is 7.95. The van der Waals surface area contributed by atoms with Gasteiger partial charge in [0, 0.05) is 37.6 Å². The van der Waals surface area contributed by atoms with E-state index in [0.717, 1.165) is 31.2 Å². The summed E-state index contributed by atoms with van der Waals surface area (Å²) in [5.41, 5.74) is 0. The van der Waals surface area contributed by atoms with Gasteiger partial charge in [-0.1, -0.05) is 0 Å². The lowest BCUT2D eigenvalue weighted by Crippen LogP contribution is -2.26. The SMILES string of the molecule is c1cncc(OCC2CNCc3nccn3C2)c1. The predicted octanol–water partition coefficient (Wildman–Crippen LogP) is 1.08. The first-order valence-corrected chi connectivity index (χ1v) is 6.15. The van der Waals surface area contributed by atoms with E-state index >= 15 is 0 Å². The molecule has 0 amide bonds. The molecule has 2 aromatic heterocycles. The molecule has 1 aliphatic rings. The van der Waals surface area contributed by atoms with E-state index in [4.69, 9.17) is 4.74 Å². The maximum absolute atomic E-state index is 5.76. The van der Waals surface area contributed by atoms with Crippen molar-refractivity contribution in [3.8, 4) is 5.75 Å². The van der Waals surface area contributed by atoms with Crippen LogP contribution in [0.5, 0.6) is 5.75 Å². The van der Waals surface area contributed by atoms with Crippen LogP contribution in [0.15, 0.2) is 36.9 Å². The molecule has 0 aliphatic carbocycles. The lowest BCUT2D eigenvalue weighted by atomic mass is 10.1. The van der Waals surface area contributed by atoms with Crippen LogP contribution in [0.25, 0.3) is 0 Å². The van der Waals surface area contributed by atoms with Crippen LogP contribution in [0, 0.1) is 5.92 Å². The number of aromatic nitrogens is 3. The highest BCUT2D eigenvalue weighted by Crippen LogP contribution is 2.12. The minimum atomic E-state index is 0.445. The molecule has 3 rings (SSSR count). The summed E-state index contributed by atoms with van der Waals surface area (Å²) in [6, 6.07) is 3.81. The van der Waals surface area contributed by atoms with E-state index in [1.807, 2.05) is 24.5 Å². The maximum atomic E-state index is 5.76. The summed E-state index contributed by atoms with van der Waals surface area (Å²) >= 11 is 0. The Morgan fingerprint density at radius 2 is 2.44 bits per heavy atom. The molecule has 0 spiro atoms. The summed E-state index contributed by atoms with van der Waals surface area (Å²) in [7, 11) is 0. The molecule has 0 fully saturated rings. The lowest BCUT2D eigenvalue weighted by Gasteiger charge is -2.16. The smallest absolute Gasteiger partial charge is 0.137 e. The second-order valence-electron chi connectivity index (χ2n) is 4.49. The summed E-state index contributed by atoms with van der Waals surface area (Å²) in [6.07, 6.45) is 7.37. The predicted molar refractivity (Wildman–Crippen MR) is 67.2 cm³/mol. The molecule has 1 N–H and O–H groups in total. The van der Waals surface area contributed by atoms with Crippen LogP contribution in [0.4, 0.5) is 0 Å². The first-order chi connectivity index (χ1) is 8.92. The van der Waals surface area contributed by atoms with Crippen molar-refractivity contribution in [3.05, 3.63) is 42.7 Å².